The zero-order valence-corrected chi connectivity index (χ0v) is 22.9. The number of rotatable bonds is 7. The number of amides is 1. The number of aromatic nitrogens is 2. The summed E-state index contributed by atoms with van der Waals surface area (Å²) in [7, 11) is 0. The smallest absolute Gasteiger partial charge is 0.475 e. The predicted molar refractivity (Wildman–Crippen MR) is 140 cm³/mol. The van der Waals surface area contributed by atoms with Crippen LogP contribution in [-0.4, -0.2) is 56.7 Å². The zero-order chi connectivity index (χ0) is 29.3. The normalized spacial score (nSPS) is 17.5. The number of carboxylic acids is 1. The predicted octanol–water partition coefficient (Wildman–Crippen LogP) is 5.21. The van der Waals surface area contributed by atoms with Crippen molar-refractivity contribution in [1.29, 1.82) is 5.26 Å². The molecule has 0 bridgehead atoms. The first-order valence-electron chi connectivity index (χ1n) is 12.4. The molecule has 0 saturated carbocycles. The Labute approximate surface area is 230 Å². The highest BCUT2D eigenvalue weighted by Gasteiger charge is 2.38. The molecule has 2 aromatic rings. The molecule has 2 atom stereocenters. The van der Waals surface area contributed by atoms with Gasteiger partial charge in [-0.2, -0.15) is 23.4 Å². The van der Waals surface area contributed by atoms with E-state index in [0.29, 0.717) is 30.0 Å². The Hall–Kier alpha value is -3.43. The lowest BCUT2D eigenvalue weighted by molar-refractivity contribution is -0.192. The maximum atomic E-state index is 13.1. The summed E-state index contributed by atoms with van der Waals surface area (Å²) < 4.78 is 31.7. The van der Waals surface area contributed by atoms with Crippen LogP contribution < -0.4 is 10.4 Å². The van der Waals surface area contributed by atoms with Crippen molar-refractivity contribution in [3.05, 3.63) is 52.4 Å². The van der Waals surface area contributed by atoms with E-state index in [-0.39, 0.29) is 22.7 Å². The van der Waals surface area contributed by atoms with E-state index in [1.54, 1.807) is 11.1 Å². The Morgan fingerprint density at radius 2 is 1.90 bits per heavy atom. The lowest BCUT2D eigenvalue weighted by Crippen LogP contribution is -2.45. The van der Waals surface area contributed by atoms with Gasteiger partial charge in [0.1, 0.15) is 11.1 Å². The van der Waals surface area contributed by atoms with E-state index in [0.717, 1.165) is 12.1 Å². The van der Waals surface area contributed by atoms with Gasteiger partial charge in [0.15, 0.2) is 5.82 Å². The molecule has 1 aromatic carbocycles. The molecule has 2 unspecified atom stereocenters. The second-order valence-electron chi connectivity index (χ2n) is 9.73. The molecule has 0 radical (unpaired) electrons. The number of hydrazine groups is 1. The summed E-state index contributed by atoms with van der Waals surface area (Å²) in [5.74, 6) is -2.47. The average Bonchev–Trinajstić information content (AvgIpc) is 2.86. The molecule has 1 aliphatic heterocycles. The van der Waals surface area contributed by atoms with Crippen LogP contribution in [0.1, 0.15) is 68.7 Å². The first-order valence-corrected chi connectivity index (χ1v) is 12.8. The van der Waals surface area contributed by atoms with Crippen molar-refractivity contribution in [2.45, 2.75) is 71.8 Å². The molecule has 1 aliphatic rings. The van der Waals surface area contributed by atoms with E-state index in [1.807, 2.05) is 32.0 Å². The number of anilines is 1. The van der Waals surface area contributed by atoms with E-state index < -0.39 is 12.1 Å². The quantitative estimate of drug-likeness (QED) is 0.437. The largest absolute Gasteiger partial charge is 0.490 e. The number of carbonyl (C=O) groups excluding carboxylic acids is 1. The third-order valence-corrected chi connectivity index (χ3v) is 6.31. The van der Waals surface area contributed by atoms with E-state index in [9.17, 15) is 18.0 Å². The Morgan fingerprint density at radius 1 is 1.28 bits per heavy atom. The fourth-order valence-corrected chi connectivity index (χ4v) is 4.34. The summed E-state index contributed by atoms with van der Waals surface area (Å²) in [4.78, 5) is 32.6. The summed E-state index contributed by atoms with van der Waals surface area (Å²) in [6.45, 7) is 9.91. The Balaban J connectivity index is 0.000000673. The fraction of sp³-hybridized carbons (Fsp3) is 0.500. The maximum absolute atomic E-state index is 13.1. The molecule has 1 fully saturated rings. The van der Waals surface area contributed by atoms with Gasteiger partial charge in [-0.1, -0.05) is 44.0 Å². The molecule has 9 nitrogen and oxygen atoms in total. The second-order valence-corrected chi connectivity index (χ2v) is 10.1. The van der Waals surface area contributed by atoms with Crippen molar-refractivity contribution >= 4 is 29.3 Å². The summed E-state index contributed by atoms with van der Waals surface area (Å²) in [5, 5.41) is 18.1. The van der Waals surface area contributed by atoms with Crippen LogP contribution >= 0.6 is 11.6 Å². The lowest BCUT2D eigenvalue weighted by atomic mass is 9.96. The highest BCUT2D eigenvalue weighted by atomic mass is 35.5. The standard InChI is InChI=1S/C24H31ClN6O.C2HF3O2/c1-16(2)14-31(23-21(25)13-27-22(12-26)28-23)29-24(32)20-10-6-9-19(11-20)15-30-17(3)7-5-8-18(30)4;3-2(4,5)1(6)7/h6,9-11,13,16-18H,5,7-8,14-15H2,1-4H3,(H,29,32);(H,6,7). The van der Waals surface area contributed by atoms with Crippen LogP contribution in [0, 0.1) is 17.2 Å². The lowest BCUT2D eigenvalue weighted by Gasteiger charge is -2.39. The number of nitriles is 1. The number of hydrogen-bond donors (Lipinski definition) is 2. The van der Waals surface area contributed by atoms with Crippen LogP contribution in [0.15, 0.2) is 30.5 Å². The molecule has 2 heterocycles. The molecule has 3 rings (SSSR count). The molecule has 0 aliphatic carbocycles. The Morgan fingerprint density at radius 3 is 2.44 bits per heavy atom. The number of carboxylic acid groups (broad SMARTS) is 1. The fourth-order valence-electron chi connectivity index (χ4n) is 4.15. The number of alkyl halides is 3. The van der Waals surface area contributed by atoms with Crippen LogP contribution in [0.25, 0.3) is 0 Å². The Kier molecular flexibility index (Phi) is 11.5. The van der Waals surface area contributed by atoms with E-state index in [1.165, 1.54) is 25.5 Å². The van der Waals surface area contributed by atoms with Gasteiger partial charge in [-0.05, 0) is 50.3 Å². The molecule has 212 valence electrons. The molecule has 2 N–H and O–H groups in total. The number of halogens is 4. The van der Waals surface area contributed by atoms with Crippen LogP contribution in [0.4, 0.5) is 19.0 Å². The minimum absolute atomic E-state index is 0.000765. The molecular formula is C26H32ClF3N6O3. The van der Waals surface area contributed by atoms with Gasteiger partial charge >= 0.3 is 12.1 Å². The summed E-state index contributed by atoms with van der Waals surface area (Å²) >= 11 is 6.29. The number of aliphatic carboxylic acids is 1. The van der Waals surface area contributed by atoms with Crippen molar-refractivity contribution in [3.63, 3.8) is 0 Å². The van der Waals surface area contributed by atoms with Gasteiger partial charge in [0.25, 0.3) is 5.91 Å². The van der Waals surface area contributed by atoms with Gasteiger partial charge < -0.3 is 5.11 Å². The number of nitrogens with zero attached hydrogens (tertiary/aromatic N) is 5. The van der Waals surface area contributed by atoms with Crippen molar-refractivity contribution in [1.82, 2.24) is 20.3 Å². The number of carbonyl (C=O) groups is 2. The van der Waals surface area contributed by atoms with Crippen LogP contribution in [-0.2, 0) is 11.3 Å². The van der Waals surface area contributed by atoms with Crippen LogP contribution in [0.5, 0.6) is 0 Å². The third-order valence-electron chi connectivity index (χ3n) is 6.04. The van der Waals surface area contributed by atoms with Gasteiger partial charge in [0, 0.05) is 30.7 Å². The molecule has 39 heavy (non-hydrogen) atoms. The molecule has 1 aromatic heterocycles. The number of benzene rings is 1. The number of hydrogen-bond acceptors (Lipinski definition) is 7. The van der Waals surface area contributed by atoms with Crippen LogP contribution in [0.3, 0.4) is 0 Å². The molecule has 1 saturated heterocycles. The zero-order valence-electron chi connectivity index (χ0n) is 22.2. The van der Waals surface area contributed by atoms with Crippen molar-refractivity contribution in [3.8, 4) is 6.07 Å². The van der Waals surface area contributed by atoms with Crippen molar-refractivity contribution in [2.75, 3.05) is 11.6 Å². The van der Waals surface area contributed by atoms with E-state index >= 15 is 0 Å². The van der Waals surface area contributed by atoms with Crippen molar-refractivity contribution < 1.29 is 27.9 Å². The summed E-state index contributed by atoms with van der Waals surface area (Å²) in [5.41, 5.74) is 4.60. The highest BCUT2D eigenvalue weighted by Crippen LogP contribution is 2.25. The second kappa shape index (κ2) is 14.1. The molecule has 13 heteroatoms. The van der Waals surface area contributed by atoms with Gasteiger partial charge in [-0.25, -0.2) is 9.78 Å². The number of nitrogens with one attached hydrogen (secondary N) is 1. The average molecular weight is 569 g/mol. The van der Waals surface area contributed by atoms with E-state index in [4.69, 9.17) is 26.8 Å². The van der Waals surface area contributed by atoms with Gasteiger partial charge in [0.2, 0.25) is 5.82 Å². The van der Waals surface area contributed by atoms with Gasteiger partial charge in [-0.15, -0.1) is 0 Å². The van der Waals surface area contributed by atoms with Gasteiger partial charge in [-0.3, -0.25) is 20.1 Å². The SMILES string of the molecule is CC(C)CN(NC(=O)c1cccc(CN2C(C)CCCC2C)c1)c1nc(C#N)ncc1Cl.O=C(O)C(F)(F)F. The Bertz CT molecular complexity index is 1180. The minimum atomic E-state index is -5.08. The van der Waals surface area contributed by atoms with Crippen LogP contribution in [0.2, 0.25) is 5.02 Å². The molecule has 1 amide bonds. The monoisotopic (exact) mass is 568 g/mol. The summed E-state index contributed by atoms with van der Waals surface area (Å²) in [6, 6.07) is 10.7. The first-order chi connectivity index (χ1) is 18.2. The highest BCUT2D eigenvalue weighted by molar-refractivity contribution is 6.32. The van der Waals surface area contributed by atoms with E-state index in [2.05, 4.69) is 40.2 Å². The maximum Gasteiger partial charge on any atom is 0.490 e. The summed E-state index contributed by atoms with van der Waals surface area (Å²) in [6.07, 6.45) is -0.0201. The van der Waals surface area contributed by atoms with Gasteiger partial charge in [0.05, 0.1) is 6.20 Å². The number of piperidine rings is 1. The number of likely N-dealkylation sites (tertiary alicyclic amines) is 1. The molecular weight excluding hydrogens is 537 g/mol. The van der Waals surface area contributed by atoms with Crippen molar-refractivity contribution in [2.24, 2.45) is 5.92 Å². The third kappa shape index (κ3) is 9.67. The molecule has 0 spiro atoms. The first kappa shape index (κ1) is 31.8. The minimum Gasteiger partial charge on any atom is -0.475 e. The topological polar surface area (TPSA) is 122 Å².